The zero-order valence-corrected chi connectivity index (χ0v) is 15.9. The van der Waals surface area contributed by atoms with Crippen molar-refractivity contribution in [2.45, 2.75) is 13.5 Å². The third-order valence-corrected chi connectivity index (χ3v) is 4.57. The molecule has 0 saturated carbocycles. The van der Waals surface area contributed by atoms with Crippen LogP contribution >= 0.6 is 0 Å². The fourth-order valence-corrected chi connectivity index (χ4v) is 3.18. The first-order chi connectivity index (χ1) is 14.1. The average Bonchev–Trinajstić information content (AvgIpc) is 3.03. The lowest BCUT2D eigenvalue weighted by atomic mass is 10.0. The maximum Gasteiger partial charge on any atom is 0.232 e. The van der Waals surface area contributed by atoms with Crippen molar-refractivity contribution in [2.75, 3.05) is 0 Å². The maximum atomic E-state index is 13.3. The number of allylic oxidation sites excluding steroid dienone is 3. The fourth-order valence-electron chi connectivity index (χ4n) is 3.18. The van der Waals surface area contributed by atoms with Gasteiger partial charge in [0, 0.05) is 6.07 Å². The summed E-state index contributed by atoms with van der Waals surface area (Å²) >= 11 is 0. The van der Waals surface area contributed by atoms with E-state index in [0.29, 0.717) is 17.1 Å². The van der Waals surface area contributed by atoms with E-state index in [-0.39, 0.29) is 24.0 Å². The molecule has 3 aromatic rings. The van der Waals surface area contributed by atoms with Crippen molar-refractivity contribution in [1.29, 1.82) is 0 Å². The van der Waals surface area contributed by atoms with E-state index in [1.54, 1.807) is 36.4 Å². The van der Waals surface area contributed by atoms with Gasteiger partial charge in [-0.15, -0.1) is 0 Å². The summed E-state index contributed by atoms with van der Waals surface area (Å²) < 4.78 is 24.8. The molecule has 1 aliphatic rings. The Labute approximate surface area is 168 Å². The highest BCUT2D eigenvalue weighted by atomic mass is 19.1. The number of aryl methyl sites for hydroxylation is 1. The van der Waals surface area contributed by atoms with E-state index in [9.17, 15) is 9.18 Å². The van der Waals surface area contributed by atoms with Crippen molar-refractivity contribution in [2.24, 2.45) is 0 Å². The van der Waals surface area contributed by atoms with Gasteiger partial charge in [-0.1, -0.05) is 54.6 Å². The first kappa shape index (κ1) is 18.7. The minimum Gasteiger partial charge on any atom is -0.489 e. The van der Waals surface area contributed by atoms with E-state index in [1.165, 1.54) is 12.1 Å². The Bertz CT molecular complexity index is 1110. The zero-order chi connectivity index (χ0) is 20.2. The van der Waals surface area contributed by atoms with Crippen molar-refractivity contribution in [3.05, 3.63) is 113 Å². The number of ketones is 1. The molecule has 29 heavy (non-hydrogen) atoms. The molecule has 1 aliphatic heterocycles. The van der Waals surface area contributed by atoms with Crippen LogP contribution in [0.1, 0.15) is 27.0 Å². The fraction of sp³-hybridized carbons (Fsp3) is 0.0800. The summed E-state index contributed by atoms with van der Waals surface area (Å²) in [7, 11) is 0. The first-order valence-electron chi connectivity index (χ1n) is 9.28. The van der Waals surface area contributed by atoms with Crippen molar-refractivity contribution in [3.8, 4) is 11.5 Å². The Morgan fingerprint density at radius 1 is 1.03 bits per heavy atom. The van der Waals surface area contributed by atoms with Gasteiger partial charge in [0.15, 0.2) is 5.76 Å². The van der Waals surface area contributed by atoms with Crippen molar-refractivity contribution < 1.29 is 18.7 Å². The van der Waals surface area contributed by atoms with E-state index >= 15 is 0 Å². The van der Waals surface area contributed by atoms with Gasteiger partial charge in [0.2, 0.25) is 5.78 Å². The number of rotatable bonds is 5. The van der Waals surface area contributed by atoms with Gasteiger partial charge in [0.05, 0.1) is 5.56 Å². The number of fused-ring (bicyclic) bond motifs is 1. The van der Waals surface area contributed by atoms with Crippen LogP contribution < -0.4 is 9.47 Å². The van der Waals surface area contributed by atoms with Crippen LogP contribution in [0.3, 0.4) is 0 Å². The number of benzene rings is 3. The Balaban J connectivity index is 1.50. The summed E-state index contributed by atoms with van der Waals surface area (Å²) in [6.07, 6.45) is 5.38. The van der Waals surface area contributed by atoms with E-state index in [2.05, 4.69) is 0 Å². The van der Waals surface area contributed by atoms with Crippen molar-refractivity contribution in [3.63, 3.8) is 0 Å². The molecule has 4 rings (SSSR count). The smallest absolute Gasteiger partial charge is 0.232 e. The van der Waals surface area contributed by atoms with Crippen LogP contribution in [0.5, 0.6) is 11.5 Å². The number of carbonyl (C=O) groups is 1. The molecule has 0 unspecified atom stereocenters. The zero-order valence-electron chi connectivity index (χ0n) is 15.9. The Morgan fingerprint density at radius 2 is 1.86 bits per heavy atom. The Kier molecular flexibility index (Phi) is 5.25. The average molecular weight is 386 g/mol. The molecule has 0 atom stereocenters. The summed E-state index contributed by atoms with van der Waals surface area (Å²) in [4.78, 5) is 12.7. The van der Waals surface area contributed by atoms with Gasteiger partial charge in [-0.2, -0.15) is 0 Å². The van der Waals surface area contributed by atoms with Crippen molar-refractivity contribution in [1.82, 2.24) is 0 Å². The van der Waals surface area contributed by atoms with Gasteiger partial charge < -0.3 is 9.47 Å². The minimum absolute atomic E-state index is 0.146. The van der Waals surface area contributed by atoms with Gasteiger partial charge in [0.1, 0.15) is 23.9 Å². The largest absolute Gasteiger partial charge is 0.489 e. The number of Topliss-reactive ketones (excluding diaryl/α,β-unsaturated/α-hetero) is 1. The van der Waals surface area contributed by atoms with Gasteiger partial charge >= 0.3 is 0 Å². The number of carbonyl (C=O) groups excluding carboxylic acids is 1. The molecule has 1 heterocycles. The number of ether oxygens (including phenoxy) is 2. The number of hydrogen-bond acceptors (Lipinski definition) is 3. The van der Waals surface area contributed by atoms with Gasteiger partial charge in [0.25, 0.3) is 0 Å². The van der Waals surface area contributed by atoms with Crippen LogP contribution in [-0.4, -0.2) is 5.78 Å². The predicted octanol–water partition coefficient (Wildman–Crippen LogP) is 5.89. The summed E-state index contributed by atoms with van der Waals surface area (Å²) in [5, 5.41) is 0. The number of halogens is 1. The van der Waals surface area contributed by atoms with Gasteiger partial charge in [-0.3, -0.25) is 4.79 Å². The molecule has 0 aromatic heterocycles. The second-order valence-corrected chi connectivity index (χ2v) is 6.76. The van der Waals surface area contributed by atoms with Crippen LogP contribution in [0.25, 0.3) is 6.08 Å². The third-order valence-electron chi connectivity index (χ3n) is 4.57. The highest BCUT2D eigenvalue weighted by molar-refractivity contribution is 6.13. The maximum absolute atomic E-state index is 13.3. The lowest BCUT2D eigenvalue weighted by Crippen LogP contribution is -2.00. The molecule has 0 saturated heterocycles. The van der Waals surface area contributed by atoms with Crippen LogP contribution in [0.4, 0.5) is 4.39 Å². The Morgan fingerprint density at radius 3 is 2.66 bits per heavy atom. The summed E-state index contributed by atoms with van der Waals surface area (Å²) in [6.45, 7) is 2.07. The van der Waals surface area contributed by atoms with Crippen molar-refractivity contribution >= 4 is 11.9 Å². The molecule has 0 radical (unpaired) electrons. The van der Waals surface area contributed by atoms with E-state index in [1.807, 2.05) is 43.3 Å². The molecule has 0 bridgehead atoms. The molecule has 4 heteroatoms. The summed E-state index contributed by atoms with van der Waals surface area (Å²) in [6, 6.07) is 19.6. The molecule has 0 amide bonds. The quantitative estimate of drug-likeness (QED) is 0.513. The standard InChI is InChI=1S/C25H19FO3/c1-17-13-21(28-16-19-10-5-11-20(26)14-19)15-23-24(17)25(27)22(29-23)12-6-9-18-7-3-2-4-8-18/h2-15H,16H2,1H3/b9-6+,22-12-. The molecule has 0 aliphatic carbocycles. The molecule has 144 valence electrons. The predicted molar refractivity (Wildman–Crippen MR) is 110 cm³/mol. The molecular weight excluding hydrogens is 367 g/mol. The van der Waals surface area contributed by atoms with Gasteiger partial charge in [-0.25, -0.2) is 4.39 Å². The van der Waals surface area contributed by atoms with Crippen LogP contribution in [0.2, 0.25) is 0 Å². The number of hydrogen-bond donors (Lipinski definition) is 0. The van der Waals surface area contributed by atoms with Crippen LogP contribution in [0, 0.1) is 12.7 Å². The molecule has 0 N–H and O–H groups in total. The highest BCUT2D eigenvalue weighted by Gasteiger charge is 2.29. The SMILES string of the molecule is Cc1cc(OCc2cccc(F)c2)cc2c1C(=O)/C(=C/C=C/c1ccccc1)O2. The van der Waals surface area contributed by atoms with Gasteiger partial charge in [-0.05, 0) is 47.9 Å². The second kappa shape index (κ2) is 8.15. The first-order valence-corrected chi connectivity index (χ1v) is 9.28. The van der Waals surface area contributed by atoms with E-state index in [4.69, 9.17) is 9.47 Å². The molecule has 3 nitrogen and oxygen atoms in total. The highest BCUT2D eigenvalue weighted by Crippen LogP contribution is 2.37. The van der Waals surface area contributed by atoms with E-state index in [0.717, 1.165) is 16.7 Å². The lowest BCUT2D eigenvalue weighted by Gasteiger charge is -2.09. The minimum atomic E-state index is -0.302. The molecular formula is C25H19FO3. The monoisotopic (exact) mass is 386 g/mol. The third kappa shape index (κ3) is 4.27. The summed E-state index contributed by atoms with van der Waals surface area (Å²) in [5.41, 5.74) is 3.09. The summed E-state index contributed by atoms with van der Waals surface area (Å²) in [5.74, 6) is 0.871. The molecule has 0 fully saturated rings. The van der Waals surface area contributed by atoms with Crippen LogP contribution in [-0.2, 0) is 6.61 Å². The molecule has 3 aromatic carbocycles. The van der Waals surface area contributed by atoms with E-state index < -0.39 is 0 Å². The molecule has 0 spiro atoms. The topological polar surface area (TPSA) is 35.5 Å². The van der Waals surface area contributed by atoms with Crippen LogP contribution in [0.15, 0.2) is 84.6 Å². The normalized spacial score (nSPS) is 14.3. The second-order valence-electron chi connectivity index (χ2n) is 6.76. The lowest BCUT2D eigenvalue weighted by molar-refractivity contribution is 0.101. The Hall–Kier alpha value is -3.66.